The van der Waals surface area contributed by atoms with Gasteiger partial charge in [-0.15, -0.1) is 11.6 Å². The average molecular weight is 323 g/mol. The van der Waals surface area contributed by atoms with Crippen LogP contribution < -0.4 is 0 Å². The normalized spacial score (nSPS) is 12.2. The van der Waals surface area contributed by atoms with Crippen LogP contribution in [0.15, 0.2) is 12.1 Å². The molecule has 110 valence electrons. The van der Waals surface area contributed by atoms with Crippen molar-refractivity contribution in [3.8, 4) is 0 Å². The van der Waals surface area contributed by atoms with Crippen molar-refractivity contribution in [1.82, 2.24) is 9.55 Å². The Bertz CT molecular complexity index is 743. The number of aryl methyl sites for hydroxylation is 1. The second-order valence-corrected chi connectivity index (χ2v) is 7.02. The quantitative estimate of drug-likeness (QED) is 0.795. The van der Waals surface area contributed by atoms with Crippen LogP contribution in [0.2, 0.25) is 0 Å². The van der Waals surface area contributed by atoms with E-state index in [1.165, 1.54) is 17.6 Å². The number of sulfone groups is 1. The van der Waals surface area contributed by atoms with E-state index in [9.17, 15) is 17.2 Å². The SMILES string of the molecule is CCS(=O)(=O)CCn1c(CCl)nc2ccc(F)c(F)c21. The third-order valence-corrected chi connectivity index (χ3v) is 4.99. The molecule has 0 atom stereocenters. The first-order valence-corrected chi connectivity index (χ1v) is 8.34. The highest BCUT2D eigenvalue weighted by molar-refractivity contribution is 7.91. The third kappa shape index (κ3) is 2.78. The molecular formula is C12H13ClF2N2O2S. The first-order chi connectivity index (χ1) is 9.39. The first-order valence-electron chi connectivity index (χ1n) is 5.99. The number of nitrogens with zero attached hydrogens (tertiary/aromatic N) is 2. The fourth-order valence-corrected chi connectivity index (χ4v) is 2.88. The standard InChI is InChI=1S/C12H13ClF2N2O2S/c1-2-20(18,19)6-5-17-10(7-13)16-9-4-3-8(14)11(15)12(9)17/h3-4H,2,5-7H2,1H3. The monoisotopic (exact) mass is 322 g/mol. The van der Waals surface area contributed by atoms with Crippen LogP contribution in [-0.4, -0.2) is 29.5 Å². The summed E-state index contributed by atoms with van der Waals surface area (Å²) in [6, 6.07) is 2.32. The second-order valence-electron chi connectivity index (χ2n) is 4.28. The zero-order valence-electron chi connectivity index (χ0n) is 10.7. The van der Waals surface area contributed by atoms with Crippen LogP contribution in [-0.2, 0) is 22.3 Å². The smallest absolute Gasteiger partial charge is 0.184 e. The van der Waals surface area contributed by atoms with E-state index in [0.717, 1.165) is 6.07 Å². The van der Waals surface area contributed by atoms with Gasteiger partial charge in [0.25, 0.3) is 0 Å². The molecule has 0 amide bonds. The Balaban J connectivity index is 2.52. The summed E-state index contributed by atoms with van der Waals surface area (Å²) in [5.41, 5.74) is 0.209. The lowest BCUT2D eigenvalue weighted by molar-refractivity contribution is 0.511. The van der Waals surface area contributed by atoms with Crippen LogP contribution >= 0.6 is 11.6 Å². The van der Waals surface area contributed by atoms with E-state index in [0.29, 0.717) is 5.82 Å². The largest absolute Gasteiger partial charge is 0.323 e. The molecule has 0 aliphatic rings. The Labute approximate surface area is 120 Å². The summed E-state index contributed by atoms with van der Waals surface area (Å²) in [4.78, 5) is 4.09. The Morgan fingerprint density at radius 1 is 1.35 bits per heavy atom. The number of rotatable bonds is 5. The molecule has 2 aromatic rings. The number of imidazole rings is 1. The summed E-state index contributed by atoms with van der Waals surface area (Å²) in [5.74, 6) is -1.92. The van der Waals surface area contributed by atoms with E-state index in [4.69, 9.17) is 11.6 Å². The van der Waals surface area contributed by atoms with Gasteiger partial charge in [0, 0.05) is 12.3 Å². The maximum Gasteiger partial charge on any atom is 0.184 e. The Hall–Kier alpha value is -1.21. The van der Waals surface area contributed by atoms with Gasteiger partial charge in [-0.25, -0.2) is 22.2 Å². The molecule has 0 spiro atoms. The fourth-order valence-electron chi connectivity index (χ4n) is 1.92. The molecule has 0 N–H and O–H groups in total. The van der Waals surface area contributed by atoms with Crippen LogP contribution in [0.25, 0.3) is 11.0 Å². The highest BCUT2D eigenvalue weighted by atomic mass is 35.5. The van der Waals surface area contributed by atoms with E-state index < -0.39 is 21.5 Å². The molecule has 8 heteroatoms. The Kier molecular flexibility index (Phi) is 4.29. The van der Waals surface area contributed by atoms with Crippen molar-refractivity contribution >= 4 is 32.5 Å². The molecule has 2 rings (SSSR count). The molecule has 0 fully saturated rings. The third-order valence-electron chi connectivity index (χ3n) is 3.06. The summed E-state index contributed by atoms with van der Waals surface area (Å²) < 4.78 is 51.6. The average Bonchev–Trinajstić information content (AvgIpc) is 2.79. The summed E-state index contributed by atoms with van der Waals surface area (Å²) >= 11 is 5.73. The summed E-state index contributed by atoms with van der Waals surface area (Å²) in [6.07, 6.45) is 0. The minimum absolute atomic E-state index is 0.00486. The van der Waals surface area contributed by atoms with Crippen molar-refractivity contribution in [3.05, 3.63) is 29.6 Å². The molecule has 0 aliphatic heterocycles. The zero-order valence-corrected chi connectivity index (χ0v) is 12.3. The number of hydrogen-bond acceptors (Lipinski definition) is 3. The number of aromatic nitrogens is 2. The predicted octanol–water partition coefficient (Wildman–Crippen LogP) is 2.49. The van der Waals surface area contributed by atoms with Crippen LogP contribution in [0.3, 0.4) is 0 Å². The summed E-state index contributed by atoms with van der Waals surface area (Å²) in [5, 5.41) is 0. The molecule has 0 saturated carbocycles. The van der Waals surface area contributed by atoms with Crippen molar-refractivity contribution in [2.24, 2.45) is 0 Å². The van der Waals surface area contributed by atoms with Crippen LogP contribution in [0.1, 0.15) is 12.7 Å². The van der Waals surface area contributed by atoms with E-state index in [2.05, 4.69) is 4.98 Å². The van der Waals surface area contributed by atoms with Gasteiger partial charge >= 0.3 is 0 Å². The van der Waals surface area contributed by atoms with Gasteiger partial charge in [0.1, 0.15) is 11.3 Å². The van der Waals surface area contributed by atoms with Gasteiger partial charge in [-0.1, -0.05) is 6.92 Å². The maximum atomic E-state index is 13.9. The molecule has 20 heavy (non-hydrogen) atoms. The zero-order chi connectivity index (χ0) is 14.9. The lowest BCUT2D eigenvalue weighted by Crippen LogP contribution is -2.16. The van der Waals surface area contributed by atoms with E-state index in [1.54, 1.807) is 0 Å². The molecule has 1 aromatic carbocycles. The summed E-state index contributed by atoms with van der Waals surface area (Å²) in [7, 11) is -3.22. The number of hydrogen-bond donors (Lipinski definition) is 0. The first kappa shape index (κ1) is 15.2. The minimum Gasteiger partial charge on any atom is -0.323 e. The van der Waals surface area contributed by atoms with Gasteiger partial charge in [0.05, 0.1) is 17.1 Å². The molecule has 0 unspecified atom stereocenters. The van der Waals surface area contributed by atoms with Gasteiger partial charge in [-0.3, -0.25) is 0 Å². The lowest BCUT2D eigenvalue weighted by Gasteiger charge is -2.08. The second kappa shape index (κ2) is 5.65. The van der Waals surface area contributed by atoms with E-state index >= 15 is 0 Å². The molecule has 0 radical (unpaired) electrons. The Morgan fingerprint density at radius 3 is 2.65 bits per heavy atom. The van der Waals surface area contributed by atoms with Crippen molar-refractivity contribution < 1.29 is 17.2 Å². The van der Waals surface area contributed by atoms with Gasteiger partial charge in [0.15, 0.2) is 21.5 Å². The van der Waals surface area contributed by atoms with Crippen molar-refractivity contribution in [2.75, 3.05) is 11.5 Å². The van der Waals surface area contributed by atoms with Gasteiger partial charge in [0.2, 0.25) is 0 Å². The Morgan fingerprint density at radius 2 is 2.05 bits per heavy atom. The van der Waals surface area contributed by atoms with E-state index in [-0.39, 0.29) is 35.0 Å². The molecule has 1 aromatic heterocycles. The highest BCUT2D eigenvalue weighted by Gasteiger charge is 2.18. The number of alkyl halides is 1. The highest BCUT2D eigenvalue weighted by Crippen LogP contribution is 2.23. The number of halogens is 3. The summed E-state index contributed by atoms with van der Waals surface area (Å²) in [6.45, 7) is 1.53. The van der Waals surface area contributed by atoms with Crippen molar-refractivity contribution in [1.29, 1.82) is 0 Å². The van der Waals surface area contributed by atoms with Crippen LogP contribution in [0.5, 0.6) is 0 Å². The fraction of sp³-hybridized carbons (Fsp3) is 0.417. The molecule has 4 nitrogen and oxygen atoms in total. The predicted molar refractivity (Wildman–Crippen MR) is 73.5 cm³/mol. The van der Waals surface area contributed by atoms with Gasteiger partial charge < -0.3 is 4.57 Å². The maximum absolute atomic E-state index is 13.9. The molecule has 0 bridgehead atoms. The molecular weight excluding hydrogens is 310 g/mol. The lowest BCUT2D eigenvalue weighted by atomic mass is 10.3. The van der Waals surface area contributed by atoms with Crippen molar-refractivity contribution in [2.45, 2.75) is 19.3 Å². The number of benzene rings is 1. The van der Waals surface area contributed by atoms with Gasteiger partial charge in [-0.2, -0.15) is 0 Å². The number of fused-ring (bicyclic) bond motifs is 1. The van der Waals surface area contributed by atoms with Crippen molar-refractivity contribution in [3.63, 3.8) is 0 Å². The molecule has 0 saturated heterocycles. The topological polar surface area (TPSA) is 52.0 Å². The van der Waals surface area contributed by atoms with Crippen LogP contribution in [0.4, 0.5) is 8.78 Å². The van der Waals surface area contributed by atoms with Gasteiger partial charge in [-0.05, 0) is 12.1 Å². The van der Waals surface area contributed by atoms with E-state index in [1.807, 2.05) is 0 Å². The van der Waals surface area contributed by atoms with Crippen LogP contribution in [0, 0.1) is 11.6 Å². The minimum atomic E-state index is -3.22. The molecule has 1 heterocycles. The molecule has 0 aliphatic carbocycles.